The summed E-state index contributed by atoms with van der Waals surface area (Å²) in [5.41, 5.74) is 2.78. The molecular weight excluding hydrogens is 405 g/mol. The lowest BCUT2D eigenvalue weighted by molar-refractivity contribution is 0.448. The largest absolute Gasteiger partial charge is 0.442 e. The van der Waals surface area contributed by atoms with Crippen LogP contribution >= 0.6 is 22.9 Å². The van der Waals surface area contributed by atoms with E-state index < -0.39 is 11.5 Å². The van der Waals surface area contributed by atoms with Crippen LogP contribution in [-0.4, -0.2) is 24.3 Å². The molecule has 0 N–H and O–H groups in total. The average molecular weight is 418 g/mol. The number of aryl methyl sites for hydroxylation is 1. The summed E-state index contributed by atoms with van der Waals surface area (Å²) in [6, 6.07) is 7.52. The lowest BCUT2D eigenvalue weighted by Crippen LogP contribution is -2.24. The van der Waals surface area contributed by atoms with Crippen molar-refractivity contribution in [2.24, 2.45) is 0 Å². The summed E-state index contributed by atoms with van der Waals surface area (Å²) in [6.45, 7) is 1.98. The number of benzene rings is 1. The molecule has 0 aliphatic carbocycles. The number of pyridine rings is 1. The standard InChI is InChI=1S/C18H13ClFN5O2S/c1-11-17(28-10-22-11)27-16-3-2-14(7-15(16)20)25-18(26)24(9-23-25)8-13-6-12(19)4-5-21-13/h2-7,9-10H,8H2,1H3. The van der Waals surface area contributed by atoms with Gasteiger partial charge in [0, 0.05) is 17.3 Å². The molecule has 0 amide bonds. The third-order valence-electron chi connectivity index (χ3n) is 3.91. The molecule has 10 heteroatoms. The van der Waals surface area contributed by atoms with E-state index in [2.05, 4.69) is 15.1 Å². The van der Waals surface area contributed by atoms with Gasteiger partial charge in [0.05, 0.1) is 29.1 Å². The first-order valence-electron chi connectivity index (χ1n) is 8.14. The van der Waals surface area contributed by atoms with Crippen LogP contribution in [0, 0.1) is 12.7 Å². The zero-order valence-corrected chi connectivity index (χ0v) is 16.1. The highest BCUT2D eigenvalue weighted by Crippen LogP contribution is 2.30. The topological polar surface area (TPSA) is 74.8 Å². The van der Waals surface area contributed by atoms with Crippen molar-refractivity contribution in [2.75, 3.05) is 0 Å². The van der Waals surface area contributed by atoms with E-state index in [0.29, 0.717) is 21.5 Å². The van der Waals surface area contributed by atoms with Crippen molar-refractivity contribution < 1.29 is 9.13 Å². The van der Waals surface area contributed by atoms with Crippen LogP contribution in [0.2, 0.25) is 5.02 Å². The quantitative estimate of drug-likeness (QED) is 0.493. The molecule has 4 rings (SSSR count). The summed E-state index contributed by atoms with van der Waals surface area (Å²) in [7, 11) is 0. The van der Waals surface area contributed by atoms with Gasteiger partial charge in [0.25, 0.3) is 0 Å². The van der Waals surface area contributed by atoms with Crippen LogP contribution < -0.4 is 10.4 Å². The summed E-state index contributed by atoms with van der Waals surface area (Å²) in [5.74, 6) is -0.560. The first kappa shape index (κ1) is 18.3. The number of rotatable bonds is 5. The molecule has 0 unspecified atom stereocenters. The van der Waals surface area contributed by atoms with E-state index in [0.717, 1.165) is 4.68 Å². The number of hydrogen-bond acceptors (Lipinski definition) is 6. The third kappa shape index (κ3) is 3.67. The minimum Gasteiger partial charge on any atom is -0.442 e. The van der Waals surface area contributed by atoms with E-state index in [-0.39, 0.29) is 18.0 Å². The fourth-order valence-corrected chi connectivity index (χ4v) is 3.37. The Hall–Kier alpha value is -3.04. The molecule has 7 nitrogen and oxygen atoms in total. The van der Waals surface area contributed by atoms with E-state index in [9.17, 15) is 9.18 Å². The van der Waals surface area contributed by atoms with Gasteiger partial charge in [-0.05, 0) is 31.2 Å². The molecule has 3 heterocycles. The van der Waals surface area contributed by atoms with Crippen LogP contribution in [-0.2, 0) is 6.54 Å². The molecule has 1 aromatic carbocycles. The minimum absolute atomic E-state index is 0.0479. The zero-order chi connectivity index (χ0) is 19.7. The van der Waals surface area contributed by atoms with Gasteiger partial charge in [-0.3, -0.25) is 9.55 Å². The van der Waals surface area contributed by atoms with Crippen molar-refractivity contribution in [3.8, 4) is 16.5 Å². The van der Waals surface area contributed by atoms with Crippen molar-refractivity contribution in [1.29, 1.82) is 0 Å². The Kier molecular flexibility index (Phi) is 4.93. The maximum absolute atomic E-state index is 14.5. The van der Waals surface area contributed by atoms with Gasteiger partial charge in [0.15, 0.2) is 11.6 Å². The number of aromatic nitrogens is 5. The normalized spacial score (nSPS) is 11.0. The highest BCUT2D eigenvalue weighted by molar-refractivity contribution is 7.11. The Morgan fingerprint density at radius 2 is 2.11 bits per heavy atom. The Morgan fingerprint density at radius 1 is 1.25 bits per heavy atom. The fourth-order valence-electron chi connectivity index (χ4n) is 2.52. The molecule has 0 fully saturated rings. The SMILES string of the molecule is Cc1ncsc1Oc1ccc(-n2ncn(Cc3cc(Cl)ccn3)c2=O)cc1F. The lowest BCUT2D eigenvalue weighted by atomic mass is 10.3. The van der Waals surface area contributed by atoms with Crippen molar-refractivity contribution in [2.45, 2.75) is 13.5 Å². The summed E-state index contributed by atoms with van der Waals surface area (Å²) in [5, 5.41) is 5.10. The molecule has 0 aliphatic rings. The molecule has 0 bridgehead atoms. The maximum Gasteiger partial charge on any atom is 0.350 e. The van der Waals surface area contributed by atoms with E-state index in [1.165, 1.54) is 34.4 Å². The number of ether oxygens (including phenoxy) is 1. The Labute approximate surface area is 167 Å². The van der Waals surface area contributed by atoms with Crippen molar-refractivity contribution >= 4 is 22.9 Å². The van der Waals surface area contributed by atoms with E-state index in [1.807, 2.05) is 0 Å². The monoisotopic (exact) mass is 417 g/mol. The van der Waals surface area contributed by atoms with Crippen LogP contribution in [0.25, 0.3) is 5.69 Å². The van der Waals surface area contributed by atoms with E-state index in [1.54, 1.807) is 36.8 Å². The summed E-state index contributed by atoms with van der Waals surface area (Å²) >= 11 is 7.21. The number of nitrogens with zero attached hydrogens (tertiary/aromatic N) is 5. The zero-order valence-electron chi connectivity index (χ0n) is 14.5. The van der Waals surface area contributed by atoms with Crippen LogP contribution in [0.5, 0.6) is 10.8 Å². The smallest absolute Gasteiger partial charge is 0.350 e. The van der Waals surface area contributed by atoms with Gasteiger partial charge in [0.1, 0.15) is 6.33 Å². The minimum atomic E-state index is -0.608. The number of hydrogen-bond donors (Lipinski definition) is 0. The van der Waals surface area contributed by atoms with E-state index in [4.69, 9.17) is 16.3 Å². The second-order valence-electron chi connectivity index (χ2n) is 5.86. The first-order chi connectivity index (χ1) is 13.5. The highest BCUT2D eigenvalue weighted by Gasteiger charge is 2.13. The van der Waals surface area contributed by atoms with Crippen LogP contribution in [0.4, 0.5) is 4.39 Å². The Morgan fingerprint density at radius 3 is 2.82 bits per heavy atom. The molecule has 3 aromatic heterocycles. The Bertz CT molecular complexity index is 1200. The van der Waals surface area contributed by atoms with Gasteiger partial charge in [-0.25, -0.2) is 14.2 Å². The predicted molar refractivity (Wildman–Crippen MR) is 103 cm³/mol. The van der Waals surface area contributed by atoms with Gasteiger partial charge in [0.2, 0.25) is 5.06 Å². The fraction of sp³-hybridized carbons (Fsp3) is 0.111. The summed E-state index contributed by atoms with van der Waals surface area (Å²) < 4.78 is 22.5. The third-order valence-corrected chi connectivity index (χ3v) is 4.95. The highest BCUT2D eigenvalue weighted by atomic mass is 35.5. The second kappa shape index (κ2) is 7.53. The first-order valence-corrected chi connectivity index (χ1v) is 9.40. The molecule has 0 aliphatic heterocycles. The lowest BCUT2D eigenvalue weighted by Gasteiger charge is -2.07. The molecule has 0 atom stereocenters. The van der Waals surface area contributed by atoms with Gasteiger partial charge < -0.3 is 4.74 Å². The van der Waals surface area contributed by atoms with Gasteiger partial charge in [-0.1, -0.05) is 22.9 Å². The van der Waals surface area contributed by atoms with Gasteiger partial charge in [-0.15, -0.1) is 0 Å². The molecule has 0 spiro atoms. The number of halogens is 2. The van der Waals surface area contributed by atoms with Gasteiger partial charge in [-0.2, -0.15) is 9.78 Å². The second-order valence-corrected chi connectivity index (χ2v) is 7.11. The molecule has 142 valence electrons. The van der Waals surface area contributed by atoms with Crippen LogP contribution in [0.15, 0.2) is 53.2 Å². The summed E-state index contributed by atoms with van der Waals surface area (Å²) in [4.78, 5) is 20.8. The van der Waals surface area contributed by atoms with Gasteiger partial charge >= 0.3 is 5.69 Å². The predicted octanol–water partition coefficient (Wildman–Crippen LogP) is 3.83. The van der Waals surface area contributed by atoms with Crippen molar-refractivity contribution in [3.63, 3.8) is 0 Å². The van der Waals surface area contributed by atoms with E-state index >= 15 is 0 Å². The molecule has 0 saturated heterocycles. The molecule has 0 saturated carbocycles. The van der Waals surface area contributed by atoms with Crippen LogP contribution in [0.3, 0.4) is 0 Å². The average Bonchev–Trinajstić information content (AvgIpc) is 3.23. The van der Waals surface area contributed by atoms with Crippen molar-refractivity contribution in [1.82, 2.24) is 24.3 Å². The summed E-state index contributed by atoms with van der Waals surface area (Å²) in [6.07, 6.45) is 2.93. The Balaban J connectivity index is 1.59. The maximum atomic E-state index is 14.5. The molecule has 28 heavy (non-hydrogen) atoms. The van der Waals surface area contributed by atoms with Crippen LogP contribution in [0.1, 0.15) is 11.4 Å². The molecule has 0 radical (unpaired) electrons. The number of thiazole rings is 1. The molecular formula is C18H13ClFN5O2S. The molecule has 4 aromatic rings. The van der Waals surface area contributed by atoms with Crippen molar-refractivity contribution in [3.05, 3.63) is 81.1 Å².